The number of fused-ring (bicyclic) bond motifs is 2. The number of pyridine rings is 2. The number of halogens is 1. The Hall–Kier alpha value is -3.71. The van der Waals surface area contributed by atoms with Gasteiger partial charge >= 0.3 is 0 Å². The molecule has 1 unspecified atom stereocenters. The summed E-state index contributed by atoms with van der Waals surface area (Å²) >= 11 is 0. The topological polar surface area (TPSA) is 87.4 Å². The molecule has 4 aromatic rings. The highest BCUT2D eigenvalue weighted by Gasteiger charge is 2.36. The Kier molecular flexibility index (Phi) is 6.26. The number of nitrogens with zero attached hydrogens (tertiary/aromatic N) is 8. The molecular weight excluding hydrogens is 459 g/mol. The second kappa shape index (κ2) is 9.39. The molecule has 0 saturated carbocycles. The van der Waals surface area contributed by atoms with Gasteiger partial charge in [-0.25, -0.2) is 8.91 Å². The van der Waals surface area contributed by atoms with E-state index in [-0.39, 0.29) is 36.0 Å². The van der Waals surface area contributed by atoms with E-state index in [0.717, 1.165) is 48.2 Å². The molecule has 188 valence electrons. The van der Waals surface area contributed by atoms with Crippen molar-refractivity contribution in [2.75, 3.05) is 18.0 Å². The molecule has 1 saturated heterocycles. The maximum Gasteiger partial charge on any atom is 0.252 e. The first-order chi connectivity index (χ1) is 17.4. The maximum absolute atomic E-state index is 13.9. The lowest BCUT2D eigenvalue weighted by Crippen LogP contribution is -2.58. The Labute approximate surface area is 208 Å². The summed E-state index contributed by atoms with van der Waals surface area (Å²) in [6, 6.07) is 8.11. The van der Waals surface area contributed by atoms with Crippen molar-refractivity contribution < 1.29 is 4.39 Å². The van der Waals surface area contributed by atoms with E-state index in [9.17, 15) is 9.18 Å². The molecule has 9 nitrogen and oxygen atoms in total. The third-order valence-electron chi connectivity index (χ3n) is 7.63. The van der Waals surface area contributed by atoms with Crippen LogP contribution in [0.2, 0.25) is 0 Å². The molecule has 0 N–H and O–H groups in total. The molecule has 0 bridgehead atoms. The van der Waals surface area contributed by atoms with E-state index < -0.39 is 0 Å². The molecule has 1 aliphatic rings. The van der Waals surface area contributed by atoms with Gasteiger partial charge in [-0.1, -0.05) is 19.9 Å². The van der Waals surface area contributed by atoms with Crippen LogP contribution < -0.4 is 10.5 Å². The third kappa shape index (κ3) is 3.93. The van der Waals surface area contributed by atoms with Gasteiger partial charge in [0.1, 0.15) is 17.6 Å². The second-order valence-electron chi connectivity index (χ2n) is 9.58. The van der Waals surface area contributed by atoms with Crippen LogP contribution in [0, 0.1) is 17.1 Å². The van der Waals surface area contributed by atoms with Crippen LogP contribution in [0.5, 0.6) is 0 Å². The van der Waals surface area contributed by atoms with Gasteiger partial charge in [0.25, 0.3) is 5.56 Å². The largest absolute Gasteiger partial charge is 0.364 e. The van der Waals surface area contributed by atoms with Gasteiger partial charge in [0.15, 0.2) is 5.82 Å². The summed E-state index contributed by atoms with van der Waals surface area (Å²) in [6.45, 7) is 8.24. The minimum absolute atomic E-state index is 0.0903. The molecule has 5 heterocycles. The van der Waals surface area contributed by atoms with Crippen molar-refractivity contribution >= 4 is 22.2 Å². The van der Waals surface area contributed by atoms with E-state index in [1.165, 1.54) is 6.20 Å². The molecule has 5 rings (SSSR count). The zero-order chi connectivity index (χ0) is 25.6. The minimum Gasteiger partial charge on any atom is -0.364 e. The van der Waals surface area contributed by atoms with Crippen LogP contribution in [0.4, 0.5) is 10.1 Å². The molecule has 0 radical (unpaired) electrons. The first kappa shape index (κ1) is 24.0. The van der Waals surface area contributed by atoms with Gasteiger partial charge in [0.2, 0.25) is 0 Å². The lowest BCUT2D eigenvalue weighted by molar-refractivity contribution is 0.101. The summed E-state index contributed by atoms with van der Waals surface area (Å²) in [4.78, 5) is 17.7. The number of nitriles is 1. The average Bonchev–Trinajstić information content (AvgIpc) is 3.48. The molecule has 1 aliphatic heterocycles. The van der Waals surface area contributed by atoms with Gasteiger partial charge in [0, 0.05) is 50.5 Å². The molecule has 3 atom stereocenters. The normalized spacial score (nSPS) is 19.7. The fraction of sp³-hybridized carbons (Fsp3) is 0.462. The fourth-order valence-corrected chi connectivity index (χ4v) is 5.47. The Morgan fingerprint density at radius 3 is 2.67 bits per heavy atom. The van der Waals surface area contributed by atoms with Gasteiger partial charge in [-0.15, -0.1) is 0 Å². The van der Waals surface area contributed by atoms with Gasteiger partial charge in [-0.2, -0.15) is 15.5 Å². The number of hydrogen-bond acceptors (Lipinski definition) is 6. The highest BCUT2D eigenvalue weighted by atomic mass is 19.1. The van der Waals surface area contributed by atoms with E-state index in [1.807, 2.05) is 12.3 Å². The van der Waals surface area contributed by atoms with Crippen molar-refractivity contribution in [3.05, 3.63) is 58.5 Å². The molecule has 36 heavy (non-hydrogen) atoms. The Morgan fingerprint density at radius 2 is 1.94 bits per heavy atom. The summed E-state index contributed by atoms with van der Waals surface area (Å²) in [5.41, 5.74) is 3.76. The van der Waals surface area contributed by atoms with Crippen LogP contribution in [0.25, 0.3) is 16.6 Å². The standard InChI is InChI=1S/C26H31FN8O/c1-5-19-15-34(23-11-25(36)31(4)24-16-32(10-9-28)30-26(23)24)20(6-2)14-33(19)17(3)18-7-8-22-21(27)12-29-35(22)13-18/h7-8,11-13,16-17,19-20H,5-6,10,14-15H2,1-4H3/t17?,19-,20+/m1/s1. The Balaban J connectivity index is 1.50. The Bertz CT molecular complexity index is 1510. The summed E-state index contributed by atoms with van der Waals surface area (Å²) < 4.78 is 18.7. The van der Waals surface area contributed by atoms with Gasteiger partial charge in [-0.05, 0) is 31.4 Å². The lowest BCUT2D eigenvalue weighted by Gasteiger charge is -2.49. The van der Waals surface area contributed by atoms with Gasteiger partial charge in [0.05, 0.1) is 29.7 Å². The quantitative estimate of drug-likeness (QED) is 0.411. The summed E-state index contributed by atoms with van der Waals surface area (Å²) in [7, 11) is 1.74. The molecule has 4 aromatic heterocycles. The smallest absolute Gasteiger partial charge is 0.252 e. The zero-order valence-electron chi connectivity index (χ0n) is 21.1. The number of piperazine rings is 1. The molecule has 0 aliphatic carbocycles. The highest BCUT2D eigenvalue weighted by molar-refractivity contribution is 5.88. The molecular formula is C26H31FN8O. The number of anilines is 1. The van der Waals surface area contributed by atoms with E-state index in [2.05, 4.69) is 46.8 Å². The summed E-state index contributed by atoms with van der Waals surface area (Å²) in [5, 5.41) is 18.0. The monoisotopic (exact) mass is 490 g/mol. The SMILES string of the molecule is CC[C@H]1CN(C(C)c2ccc3c(F)cnn3c2)[C@H](CC)CN1c1cc(=O)n(C)c2cn(CC#N)nc12. The first-order valence-electron chi connectivity index (χ1n) is 12.5. The maximum atomic E-state index is 13.9. The van der Waals surface area contributed by atoms with Crippen molar-refractivity contribution in [3.8, 4) is 6.07 Å². The van der Waals surface area contributed by atoms with E-state index >= 15 is 0 Å². The van der Waals surface area contributed by atoms with Crippen molar-refractivity contribution in [3.63, 3.8) is 0 Å². The zero-order valence-corrected chi connectivity index (χ0v) is 21.1. The van der Waals surface area contributed by atoms with Crippen LogP contribution in [-0.2, 0) is 13.6 Å². The predicted octanol–water partition coefficient (Wildman–Crippen LogP) is 3.49. The van der Waals surface area contributed by atoms with Crippen molar-refractivity contribution in [2.24, 2.45) is 7.05 Å². The van der Waals surface area contributed by atoms with Crippen molar-refractivity contribution in [1.29, 1.82) is 5.26 Å². The summed E-state index contributed by atoms with van der Waals surface area (Å²) in [5.74, 6) is -0.321. The van der Waals surface area contributed by atoms with Gasteiger partial charge < -0.3 is 9.47 Å². The fourth-order valence-electron chi connectivity index (χ4n) is 5.47. The van der Waals surface area contributed by atoms with Crippen LogP contribution in [0.3, 0.4) is 0 Å². The average molecular weight is 491 g/mol. The van der Waals surface area contributed by atoms with E-state index in [1.54, 1.807) is 39.1 Å². The third-order valence-corrected chi connectivity index (χ3v) is 7.63. The van der Waals surface area contributed by atoms with Crippen molar-refractivity contribution in [1.82, 2.24) is 28.9 Å². The van der Waals surface area contributed by atoms with E-state index in [0.29, 0.717) is 5.52 Å². The summed E-state index contributed by atoms with van der Waals surface area (Å²) in [6.07, 6.45) is 6.77. The van der Waals surface area contributed by atoms with Gasteiger partial charge in [-0.3, -0.25) is 14.4 Å². The molecule has 0 spiro atoms. The van der Waals surface area contributed by atoms with Crippen LogP contribution in [-0.4, -0.2) is 54.0 Å². The van der Waals surface area contributed by atoms with Crippen LogP contribution >= 0.6 is 0 Å². The number of hydrogen-bond donors (Lipinski definition) is 0. The van der Waals surface area contributed by atoms with E-state index in [4.69, 9.17) is 5.26 Å². The molecule has 10 heteroatoms. The molecule has 1 fully saturated rings. The molecule has 0 amide bonds. The van der Waals surface area contributed by atoms with Crippen LogP contribution in [0.1, 0.15) is 45.2 Å². The van der Waals surface area contributed by atoms with Crippen molar-refractivity contribution in [2.45, 2.75) is 58.3 Å². The van der Waals surface area contributed by atoms with Crippen LogP contribution in [0.15, 0.2) is 41.6 Å². The highest BCUT2D eigenvalue weighted by Crippen LogP contribution is 2.34. The minimum atomic E-state index is -0.321. The predicted molar refractivity (Wildman–Crippen MR) is 136 cm³/mol. The second-order valence-corrected chi connectivity index (χ2v) is 9.58. The number of rotatable bonds is 6. The lowest BCUT2D eigenvalue weighted by atomic mass is 9.97. The first-order valence-corrected chi connectivity index (χ1v) is 12.5. The number of aromatic nitrogens is 5. The Morgan fingerprint density at radius 1 is 1.17 bits per heavy atom. The number of aryl methyl sites for hydroxylation is 1. The molecule has 0 aromatic carbocycles.